The van der Waals surface area contributed by atoms with Crippen molar-refractivity contribution in [2.75, 3.05) is 44.3 Å². The van der Waals surface area contributed by atoms with Crippen LogP contribution in [0.5, 0.6) is 0 Å². The van der Waals surface area contributed by atoms with Crippen LogP contribution < -0.4 is 4.90 Å². The van der Waals surface area contributed by atoms with Gasteiger partial charge in [0, 0.05) is 63.1 Å². The highest BCUT2D eigenvalue weighted by Crippen LogP contribution is 2.27. The fourth-order valence-electron chi connectivity index (χ4n) is 3.51. The SMILES string of the molecule is Clc1cc(N2CCN(C3CCOCC3)CC2)nc2[nH]ccc12. The van der Waals surface area contributed by atoms with Crippen LogP contribution in [0.1, 0.15) is 12.8 Å². The van der Waals surface area contributed by atoms with E-state index in [1.165, 1.54) is 12.8 Å². The number of aromatic nitrogens is 2. The van der Waals surface area contributed by atoms with Gasteiger partial charge in [-0.3, -0.25) is 4.90 Å². The van der Waals surface area contributed by atoms with E-state index in [2.05, 4.69) is 14.8 Å². The lowest BCUT2D eigenvalue weighted by Gasteiger charge is -2.41. The monoisotopic (exact) mass is 320 g/mol. The third-order valence-corrected chi connectivity index (χ3v) is 5.12. The van der Waals surface area contributed by atoms with Crippen LogP contribution in [0.4, 0.5) is 5.82 Å². The van der Waals surface area contributed by atoms with Crippen molar-refractivity contribution in [3.05, 3.63) is 23.4 Å². The van der Waals surface area contributed by atoms with Crippen LogP contribution in [-0.2, 0) is 4.74 Å². The van der Waals surface area contributed by atoms with E-state index in [-0.39, 0.29) is 0 Å². The molecule has 2 aliphatic heterocycles. The van der Waals surface area contributed by atoms with Crippen molar-refractivity contribution in [2.45, 2.75) is 18.9 Å². The Hall–Kier alpha value is -1.30. The highest BCUT2D eigenvalue weighted by Gasteiger charge is 2.26. The molecule has 2 saturated heterocycles. The Bertz CT molecular complexity index is 645. The number of rotatable bonds is 2. The third kappa shape index (κ3) is 2.69. The molecule has 0 saturated carbocycles. The molecule has 0 spiro atoms. The van der Waals surface area contributed by atoms with Crippen LogP contribution in [-0.4, -0.2) is 60.3 Å². The first kappa shape index (κ1) is 14.3. The molecule has 4 heterocycles. The van der Waals surface area contributed by atoms with Crippen molar-refractivity contribution < 1.29 is 4.74 Å². The number of pyridine rings is 1. The standard InChI is InChI=1S/C16H21ClN4O/c17-14-11-15(19-16-13(14)1-4-18-16)21-7-5-20(6-8-21)12-2-9-22-10-3-12/h1,4,11-12H,2-3,5-10H2,(H,18,19). The molecule has 1 N–H and O–H groups in total. The Morgan fingerprint density at radius 3 is 2.73 bits per heavy atom. The van der Waals surface area contributed by atoms with Gasteiger partial charge < -0.3 is 14.6 Å². The van der Waals surface area contributed by atoms with Crippen molar-refractivity contribution >= 4 is 28.5 Å². The van der Waals surface area contributed by atoms with Gasteiger partial charge in [0.2, 0.25) is 0 Å². The van der Waals surface area contributed by atoms with Gasteiger partial charge in [-0.2, -0.15) is 0 Å². The van der Waals surface area contributed by atoms with Crippen LogP contribution in [0, 0.1) is 0 Å². The Labute approximate surface area is 135 Å². The van der Waals surface area contributed by atoms with Crippen molar-refractivity contribution in [2.24, 2.45) is 0 Å². The highest BCUT2D eigenvalue weighted by molar-refractivity contribution is 6.35. The number of H-pyrrole nitrogens is 1. The van der Waals surface area contributed by atoms with Gasteiger partial charge in [-0.15, -0.1) is 0 Å². The molecule has 0 aliphatic carbocycles. The molecule has 0 radical (unpaired) electrons. The quantitative estimate of drug-likeness (QED) is 0.923. The van der Waals surface area contributed by atoms with Crippen molar-refractivity contribution in [3.8, 4) is 0 Å². The molecule has 0 aromatic carbocycles. The van der Waals surface area contributed by atoms with E-state index >= 15 is 0 Å². The van der Waals surface area contributed by atoms with Gasteiger partial charge in [-0.05, 0) is 18.9 Å². The summed E-state index contributed by atoms with van der Waals surface area (Å²) in [6, 6.07) is 4.65. The summed E-state index contributed by atoms with van der Waals surface area (Å²) in [7, 11) is 0. The molecule has 118 valence electrons. The first-order valence-corrected chi connectivity index (χ1v) is 8.39. The molecule has 0 atom stereocenters. The molecular formula is C16H21ClN4O. The molecular weight excluding hydrogens is 300 g/mol. The first-order valence-electron chi connectivity index (χ1n) is 8.01. The van der Waals surface area contributed by atoms with Gasteiger partial charge in [-0.25, -0.2) is 4.98 Å². The summed E-state index contributed by atoms with van der Waals surface area (Å²) in [5.74, 6) is 0.978. The van der Waals surface area contributed by atoms with Crippen LogP contribution in [0.3, 0.4) is 0 Å². The summed E-state index contributed by atoms with van der Waals surface area (Å²) in [4.78, 5) is 12.8. The Morgan fingerprint density at radius 2 is 1.95 bits per heavy atom. The predicted molar refractivity (Wildman–Crippen MR) is 88.7 cm³/mol. The summed E-state index contributed by atoms with van der Waals surface area (Å²) in [5.41, 5.74) is 0.870. The Balaban J connectivity index is 1.45. The molecule has 2 aromatic rings. The van der Waals surface area contributed by atoms with E-state index in [4.69, 9.17) is 21.3 Å². The average Bonchev–Trinajstić information content (AvgIpc) is 3.05. The first-order chi connectivity index (χ1) is 10.8. The minimum Gasteiger partial charge on any atom is -0.381 e. The van der Waals surface area contributed by atoms with Crippen LogP contribution in [0.25, 0.3) is 11.0 Å². The number of halogens is 1. The largest absolute Gasteiger partial charge is 0.381 e. The molecule has 2 aliphatic rings. The van der Waals surface area contributed by atoms with Crippen LogP contribution in [0.2, 0.25) is 5.02 Å². The van der Waals surface area contributed by atoms with Gasteiger partial charge in [0.25, 0.3) is 0 Å². The number of ether oxygens (including phenoxy) is 1. The number of hydrogen-bond donors (Lipinski definition) is 1. The summed E-state index contributed by atoms with van der Waals surface area (Å²) in [6.45, 7) is 6.01. The molecule has 6 heteroatoms. The minimum absolute atomic E-state index is 0.693. The Morgan fingerprint density at radius 1 is 1.18 bits per heavy atom. The van der Waals surface area contributed by atoms with E-state index in [1.54, 1.807) is 0 Å². The molecule has 0 bridgehead atoms. The number of piperazine rings is 1. The number of fused-ring (bicyclic) bond motifs is 1. The number of hydrogen-bond acceptors (Lipinski definition) is 4. The third-order valence-electron chi connectivity index (χ3n) is 4.81. The van der Waals surface area contributed by atoms with E-state index in [0.29, 0.717) is 6.04 Å². The molecule has 4 rings (SSSR count). The number of aromatic amines is 1. The summed E-state index contributed by atoms with van der Waals surface area (Å²) in [6.07, 6.45) is 4.22. The zero-order valence-electron chi connectivity index (χ0n) is 12.6. The van der Waals surface area contributed by atoms with Gasteiger partial charge in [0.05, 0.1) is 5.02 Å². The lowest BCUT2D eigenvalue weighted by atomic mass is 10.1. The Kier molecular flexibility index (Phi) is 3.94. The predicted octanol–water partition coefficient (Wildman–Crippen LogP) is 2.52. The average molecular weight is 321 g/mol. The van der Waals surface area contributed by atoms with E-state index in [0.717, 1.165) is 61.3 Å². The van der Waals surface area contributed by atoms with Crippen molar-refractivity contribution in [3.63, 3.8) is 0 Å². The minimum atomic E-state index is 0.693. The van der Waals surface area contributed by atoms with E-state index in [1.807, 2.05) is 18.3 Å². The maximum absolute atomic E-state index is 6.36. The second-order valence-electron chi connectivity index (χ2n) is 6.07. The highest BCUT2D eigenvalue weighted by atomic mass is 35.5. The summed E-state index contributed by atoms with van der Waals surface area (Å²) in [5, 5.41) is 1.76. The van der Waals surface area contributed by atoms with Crippen molar-refractivity contribution in [1.82, 2.24) is 14.9 Å². The van der Waals surface area contributed by atoms with Gasteiger partial charge >= 0.3 is 0 Å². The molecule has 0 amide bonds. The van der Waals surface area contributed by atoms with E-state index in [9.17, 15) is 0 Å². The fourth-order valence-corrected chi connectivity index (χ4v) is 3.76. The molecule has 22 heavy (non-hydrogen) atoms. The molecule has 2 aromatic heterocycles. The van der Waals surface area contributed by atoms with E-state index < -0.39 is 0 Å². The van der Waals surface area contributed by atoms with Gasteiger partial charge in [-0.1, -0.05) is 11.6 Å². The second-order valence-corrected chi connectivity index (χ2v) is 6.48. The van der Waals surface area contributed by atoms with Crippen molar-refractivity contribution in [1.29, 1.82) is 0 Å². The topological polar surface area (TPSA) is 44.4 Å². The maximum atomic E-state index is 6.36. The second kappa shape index (κ2) is 6.07. The summed E-state index contributed by atoms with van der Waals surface area (Å²) >= 11 is 6.36. The summed E-state index contributed by atoms with van der Waals surface area (Å²) < 4.78 is 5.46. The lowest BCUT2D eigenvalue weighted by Crippen LogP contribution is -2.51. The lowest BCUT2D eigenvalue weighted by molar-refractivity contribution is 0.0321. The van der Waals surface area contributed by atoms with Crippen LogP contribution >= 0.6 is 11.6 Å². The molecule has 5 nitrogen and oxygen atoms in total. The zero-order valence-corrected chi connectivity index (χ0v) is 13.4. The molecule has 2 fully saturated rings. The number of nitrogens with one attached hydrogen (secondary N) is 1. The number of nitrogens with zero attached hydrogens (tertiary/aromatic N) is 3. The fraction of sp³-hybridized carbons (Fsp3) is 0.562. The molecule has 0 unspecified atom stereocenters. The zero-order chi connectivity index (χ0) is 14.9. The van der Waals surface area contributed by atoms with Gasteiger partial charge in [0.15, 0.2) is 0 Å². The maximum Gasteiger partial charge on any atom is 0.141 e. The van der Waals surface area contributed by atoms with Gasteiger partial charge in [0.1, 0.15) is 11.5 Å². The smallest absolute Gasteiger partial charge is 0.141 e. The normalized spacial score (nSPS) is 21.6. The van der Waals surface area contributed by atoms with Crippen LogP contribution in [0.15, 0.2) is 18.3 Å². The number of anilines is 1.